The Hall–Kier alpha value is -1.76. The normalized spacial score (nSPS) is 21.6. The van der Waals surface area contributed by atoms with Crippen LogP contribution in [0, 0.1) is 11.3 Å². The molecule has 0 amide bonds. The van der Waals surface area contributed by atoms with Crippen molar-refractivity contribution in [1.29, 1.82) is 0 Å². The summed E-state index contributed by atoms with van der Waals surface area (Å²) in [5.74, 6) is 5.10. The van der Waals surface area contributed by atoms with E-state index in [1.165, 1.54) is 44.2 Å². The molecule has 2 fully saturated rings. The number of hydrogen-bond donors (Lipinski definition) is 3. The van der Waals surface area contributed by atoms with Gasteiger partial charge in [-0.1, -0.05) is 99.1 Å². The van der Waals surface area contributed by atoms with Gasteiger partial charge < -0.3 is 16.0 Å². The van der Waals surface area contributed by atoms with Crippen molar-refractivity contribution in [3.8, 4) is 0 Å². The Labute approximate surface area is 266 Å². The van der Waals surface area contributed by atoms with Gasteiger partial charge in [0.05, 0.1) is 0 Å². The fourth-order valence-corrected chi connectivity index (χ4v) is 6.76. The summed E-state index contributed by atoms with van der Waals surface area (Å²) < 4.78 is 6.11. The summed E-state index contributed by atoms with van der Waals surface area (Å²) in [7, 11) is -0.0589. The van der Waals surface area contributed by atoms with Crippen molar-refractivity contribution >= 4 is 16.7 Å². The fraction of sp³-hybridized carbons (Fsp3) is 0.694. The molecule has 1 aliphatic carbocycles. The molecular weight excluding hydrogens is 534 g/mol. The van der Waals surface area contributed by atoms with E-state index in [2.05, 4.69) is 92.6 Å². The van der Waals surface area contributed by atoms with Gasteiger partial charge in [0.1, 0.15) is 0 Å². The van der Waals surface area contributed by atoms with Crippen LogP contribution >= 0.6 is 10.9 Å². The lowest BCUT2D eigenvalue weighted by atomic mass is 9.69. The molecule has 0 aromatic carbocycles. The number of hydrogen-bond acceptors (Lipinski definition) is 5. The largest absolute Gasteiger partial charge is 0.399 e. The maximum atomic E-state index is 5.28. The highest BCUT2D eigenvalue weighted by molar-refractivity contribution is 8.10. The Morgan fingerprint density at radius 1 is 0.905 bits per heavy atom. The predicted octanol–water partition coefficient (Wildman–Crippen LogP) is 9.17. The first-order chi connectivity index (χ1) is 19.7. The van der Waals surface area contributed by atoms with E-state index in [0.717, 1.165) is 61.9 Å². The molecular formula is C36H71N5S. The summed E-state index contributed by atoms with van der Waals surface area (Å²) in [5.41, 5.74) is 10.4. The molecule has 0 spiro atoms. The monoisotopic (exact) mass is 606 g/mol. The third-order valence-corrected chi connectivity index (χ3v) is 10.3. The average molecular weight is 606 g/mol. The van der Waals surface area contributed by atoms with Crippen molar-refractivity contribution in [1.82, 2.24) is 19.2 Å². The highest BCUT2D eigenvalue weighted by Gasteiger charge is 2.39. The molecule has 6 heteroatoms. The first kappa shape index (κ1) is 42.4. The summed E-state index contributed by atoms with van der Waals surface area (Å²) in [6.07, 6.45) is 8.61. The second-order valence-corrected chi connectivity index (χ2v) is 13.1. The van der Waals surface area contributed by atoms with E-state index in [1.807, 2.05) is 34.6 Å². The summed E-state index contributed by atoms with van der Waals surface area (Å²) in [5, 5.41) is 3.67. The van der Waals surface area contributed by atoms with E-state index in [9.17, 15) is 0 Å². The zero-order valence-electron chi connectivity index (χ0n) is 29.7. The number of nitrogens with one attached hydrogen (secondary N) is 2. The third-order valence-electron chi connectivity index (χ3n) is 8.62. The van der Waals surface area contributed by atoms with Gasteiger partial charge in [-0.25, -0.2) is 4.31 Å². The quantitative estimate of drug-likeness (QED) is 0.144. The Morgan fingerprint density at radius 2 is 1.38 bits per heavy atom. The number of nitrogens with two attached hydrogens (primary N) is 1. The van der Waals surface area contributed by atoms with Crippen molar-refractivity contribution in [3.63, 3.8) is 0 Å². The van der Waals surface area contributed by atoms with Crippen molar-refractivity contribution in [2.45, 2.75) is 120 Å². The molecule has 0 bridgehead atoms. The van der Waals surface area contributed by atoms with Crippen LogP contribution < -0.4 is 15.8 Å². The van der Waals surface area contributed by atoms with E-state index in [0.29, 0.717) is 5.70 Å². The summed E-state index contributed by atoms with van der Waals surface area (Å²) >= 11 is 0. The molecule has 2 rings (SSSR count). The molecule has 0 radical (unpaired) electrons. The van der Waals surface area contributed by atoms with Gasteiger partial charge in [-0.15, -0.1) is 0 Å². The van der Waals surface area contributed by atoms with Gasteiger partial charge in [0.25, 0.3) is 0 Å². The molecule has 2 aliphatic rings. The van der Waals surface area contributed by atoms with E-state index in [1.54, 1.807) is 0 Å². The zero-order valence-corrected chi connectivity index (χ0v) is 30.5. The molecule has 4 N–H and O–H groups in total. The number of likely N-dealkylation sites (tertiary alicyclic amines) is 1. The van der Waals surface area contributed by atoms with Gasteiger partial charge >= 0.3 is 0 Å². The minimum Gasteiger partial charge on any atom is -0.399 e. The van der Waals surface area contributed by atoms with Crippen LogP contribution in [0.2, 0.25) is 0 Å². The SMILES string of the molecule is C=C(C)C(=C)C(=C)N.C=C(C)NC1(CC)CCN(C(=C)C2(C)CCC(CNS(=C)N(CC)CC)CC2)CC1.CC.CC. The predicted molar refractivity (Wildman–Crippen MR) is 197 cm³/mol. The van der Waals surface area contributed by atoms with Gasteiger partial charge in [0, 0.05) is 60.8 Å². The van der Waals surface area contributed by atoms with E-state index in [4.69, 9.17) is 5.73 Å². The molecule has 0 aromatic rings. The average Bonchev–Trinajstić information content (AvgIpc) is 2.99. The number of piperidine rings is 1. The Kier molecular flexibility index (Phi) is 22.0. The fourth-order valence-electron chi connectivity index (χ4n) is 5.53. The van der Waals surface area contributed by atoms with Gasteiger partial charge in [-0.3, -0.25) is 4.72 Å². The molecule has 42 heavy (non-hydrogen) atoms. The molecule has 1 unspecified atom stereocenters. The van der Waals surface area contributed by atoms with E-state index >= 15 is 0 Å². The van der Waals surface area contributed by atoms with Crippen LogP contribution in [-0.4, -0.2) is 53.3 Å². The van der Waals surface area contributed by atoms with Crippen LogP contribution in [0.3, 0.4) is 0 Å². The Morgan fingerprint density at radius 3 is 1.71 bits per heavy atom. The Bertz CT molecular complexity index is 838. The lowest BCUT2D eigenvalue weighted by Gasteiger charge is -2.49. The lowest BCUT2D eigenvalue weighted by Crippen LogP contribution is -2.53. The van der Waals surface area contributed by atoms with Gasteiger partial charge in [0.15, 0.2) is 0 Å². The number of rotatable bonds is 13. The molecule has 246 valence electrons. The first-order valence-corrected chi connectivity index (χ1v) is 17.8. The van der Waals surface area contributed by atoms with Crippen molar-refractivity contribution < 1.29 is 0 Å². The summed E-state index contributed by atoms with van der Waals surface area (Å²) in [6, 6.07) is 0. The summed E-state index contributed by atoms with van der Waals surface area (Å²) in [6.45, 7) is 46.0. The zero-order chi connectivity index (χ0) is 33.1. The molecule has 1 atom stereocenters. The summed E-state index contributed by atoms with van der Waals surface area (Å²) in [4.78, 5) is 2.58. The van der Waals surface area contributed by atoms with E-state index in [-0.39, 0.29) is 21.8 Å². The van der Waals surface area contributed by atoms with E-state index < -0.39 is 0 Å². The van der Waals surface area contributed by atoms with Crippen LogP contribution in [-0.2, 0) is 0 Å². The van der Waals surface area contributed by atoms with Gasteiger partial charge in [0.2, 0.25) is 0 Å². The standard InChI is InChI=1S/C25H48N4S.C7H11N.2C2H6/c1-9-25(27-21(4)5)16-18-28(19-17-25)22(6)24(7)14-12-23(13-15-24)20-26-30(8)29(10-2)11-3;1-5(2)6(3)7(4)8;2*1-2/h23,26-27H,4,6,8-20H2,1-3,5,7H3;1,3-4,8H2,2H3;2*1-2H3. The van der Waals surface area contributed by atoms with Crippen molar-refractivity contribution in [2.75, 3.05) is 32.7 Å². The first-order valence-electron chi connectivity index (χ1n) is 16.4. The molecule has 1 heterocycles. The second-order valence-electron chi connectivity index (χ2n) is 11.6. The highest BCUT2D eigenvalue weighted by Crippen LogP contribution is 2.45. The Balaban J connectivity index is 0. The lowest BCUT2D eigenvalue weighted by molar-refractivity contribution is 0.113. The van der Waals surface area contributed by atoms with Gasteiger partial charge in [-0.2, -0.15) is 0 Å². The molecule has 1 aliphatic heterocycles. The van der Waals surface area contributed by atoms with Crippen molar-refractivity contribution in [2.24, 2.45) is 17.1 Å². The van der Waals surface area contributed by atoms with Crippen LogP contribution in [0.25, 0.3) is 0 Å². The maximum absolute atomic E-state index is 5.28. The number of allylic oxidation sites excluding steroid dienone is 3. The van der Waals surface area contributed by atoms with Crippen LogP contribution in [0.1, 0.15) is 114 Å². The minimum atomic E-state index is -0.0589. The smallest absolute Gasteiger partial charge is 0.0401 e. The van der Waals surface area contributed by atoms with Crippen LogP contribution in [0.5, 0.6) is 0 Å². The van der Waals surface area contributed by atoms with Crippen LogP contribution in [0.15, 0.2) is 61.1 Å². The molecule has 1 saturated heterocycles. The number of nitrogens with zero attached hydrogens (tertiary/aromatic N) is 2. The van der Waals surface area contributed by atoms with Gasteiger partial charge in [-0.05, 0) is 81.7 Å². The van der Waals surface area contributed by atoms with Crippen LogP contribution in [0.4, 0.5) is 0 Å². The third kappa shape index (κ3) is 14.1. The maximum Gasteiger partial charge on any atom is 0.0401 e. The molecule has 5 nitrogen and oxygen atoms in total. The second kappa shape index (κ2) is 21.9. The minimum absolute atomic E-state index is 0.0589. The molecule has 1 saturated carbocycles. The highest BCUT2D eigenvalue weighted by atomic mass is 32.2. The molecule has 0 aromatic heterocycles. The topological polar surface area (TPSA) is 56.6 Å². The van der Waals surface area contributed by atoms with Crippen molar-refractivity contribution in [3.05, 3.63) is 61.1 Å².